The normalized spacial score (nSPS) is 11.5. The minimum absolute atomic E-state index is 0.112. The third kappa shape index (κ3) is 5.04. The zero-order valence-corrected chi connectivity index (χ0v) is 12.8. The van der Waals surface area contributed by atoms with Crippen LogP contribution in [-0.4, -0.2) is 28.9 Å². The summed E-state index contributed by atoms with van der Waals surface area (Å²) in [5.41, 5.74) is 0.131. The van der Waals surface area contributed by atoms with Crippen molar-refractivity contribution in [3.8, 4) is 6.07 Å². The molecule has 0 atom stereocenters. The van der Waals surface area contributed by atoms with E-state index in [1.54, 1.807) is 44.2 Å². The fourth-order valence-corrected chi connectivity index (χ4v) is 1.48. The minimum Gasteiger partial charge on any atom is -0.394 e. The van der Waals surface area contributed by atoms with Crippen LogP contribution in [0.25, 0.3) is 0 Å². The summed E-state index contributed by atoms with van der Waals surface area (Å²) in [6, 6.07) is 8.26. The van der Waals surface area contributed by atoms with Gasteiger partial charge in [-0.25, -0.2) is 0 Å². The highest BCUT2D eigenvalue weighted by Gasteiger charge is 2.16. The number of nitriles is 1. The number of Topliss-reactive ketones (excluding diaryl/α,β-unsaturated/α-hetero) is 1. The van der Waals surface area contributed by atoms with E-state index in [1.165, 1.54) is 13.1 Å². The number of anilines is 1. The van der Waals surface area contributed by atoms with E-state index in [1.807, 2.05) is 0 Å². The molecule has 0 spiro atoms. The zero-order chi connectivity index (χ0) is 16.8. The van der Waals surface area contributed by atoms with Crippen LogP contribution in [0.1, 0.15) is 31.1 Å². The second-order valence-electron chi connectivity index (χ2n) is 5.45. The first-order chi connectivity index (χ1) is 10.3. The fraction of sp³-hybridized carbons (Fsp3) is 0.312. The van der Waals surface area contributed by atoms with Crippen LogP contribution >= 0.6 is 0 Å². The van der Waals surface area contributed by atoms with Crippen molar-refractivity contribution in [3.05, 3.63) is 41.6 Å². The summed E-state index contributed by atoms with van der Waals surface area (Å²) < 4.78 is 0. The van der Waals surface area contributed by atoms with Gasteiger partial charge in [0.05, 0.1) is 12.1 Å². The number of hydrogen-bond acceptors (Lipinski definition) is 5. The quantitative estimate of drug-likeness (QED) is 0.421. The van der Waals surface area contributed by atoms with E-state index in [0.717, 1.165) is 0 Å². The van der Waals surface area contributed by atoms with E-state index in [2.05, 4.69) is 10.6 Å². The SMILES string of the molecule is CC(=O)c1cccc(NC(=O)/C(C#N)=C\NC(C)(C)CO)c1. The number of rotatable bonds is 6. The smallest absolute Gasteiger partial charge is 0.267 e. The lowest BCUT2D eigenvalue weighted by atomic mass is 10.1. The van der Waals surface area contributed by atoms with E-state index >= 15 is 0 Å². The summed E-state index contributed by atoms with van der Waals surface area (Å²) in [5.74, 6) is -0.706. The lowest BCUT2D eigenvalue weighted by Crippen LogP contribution is -2.39. The van der Waals surface area contributed by atoms with Crippen LogP contribution in [0, 0.1) is 11.3 Å². The first-order valence-corrected chi connectivity index (χ1v) is 6.70. The Bertz CT molecular complexity index is 642. The van der Waals surface area contributed by atoms with E-state index in [-0.39, 0.29) is 18.0 Å². The Hall–Kier alpha value is -2.65. The highest BCUT2D eigenvalue weighted by molar-refractivity contribution is 6.07. The molecule has 22 heavy (non-hydrogen) atoms. The van der Waals surface area contributed by atoms with Gasteiger partial charge >= 0.3 is 0 Å². The van der Waals surface area contributed by atoms with Crippen molar-refractivity contribution >= 4 is 17.4 Å². The van der Waals surface area contributed by atoms with Gasteiger partial charge in [0, 0.05) is 17.5 Å². The Kier molecular flexibility index (Phi) is 5.84. The zero-order valence-electron chi connectivity index (χ0n) is 12.8. The number of nitrogens with one attached hydrogen (secondary N) is 2. The number of carbonyl (C=O) groups excluding carboxylic acids is 2. The van der Waals surface area contributed by atoms with E-state index < -0.39 is 11.4 Å². The average molecular weight is 301 g/mol. The molecular weight excluding hydrogens is 282 g/mol. The van der Waals surface area contributed by atoms with Crippen molar-refractivity contribution in [3.63, 3.8) is 0 Å². The largest absolute Gasteiger partial charge is 0.394 e. The van der Waals surface area contributed by atoms with Crippen molar-refractivity contribution in [1.29, 1.82) is 5.26 Å². The van der Waals surface area contributed by atoms with Gasteiger partial charge in [0.1, 0.15) is 11.6 Å². The number of amides is 1. The Morgan fingerprint density at radius 1 is 1.41 bits per heavy atom. The summed E-state index contributed by atoms with van der Waals surface area (Å²) >= 11 is 0. The molecule has 0 saturated heterocycles. The molecule has 6 heteroatoms. The first-order valence-electron chi connectivity index (χ1n) is 6.70. The summed E-state index contributed by atoms with van der Waals surface area (Å²) in [5, 5.41) is 23.5. The molecule has 1 amide bonds. The van der Waals surface area contributed by atoms with Gasteiger partial charge in [0.15, 0.2) is 5.78 Å². The van der Waals surface area contributed by atoms with Gasteiger partial charge < -0.3 is 15.7 Å². The topological polar surface area (TPSA) is 102 Å². The molecule has 0 radical (unpaired) electrons. The van der Waals surface area contributed by atoms with Crippen LogP contribution in [0.15, 0.2) is 36.0 Å². The van der Waals surface area contributed by atoms with Crippen LogP contribution in [-0.2, 0) is 4.79 Å². The predicted octanol–water partition coefficient (Wildman–Crippen LogP) is 1.60. The molecule has 0 saturated carbocycles. The summed E-state index contributed by atoms with van der Waals surface area (Å²) in [7, 11) is 0. The Balaban J connectivity index is 2.86. The van der Waals surface area contributed by atoms with E-state index in [0.29, 0.717) is 11.3 Å². The number of ketones is 1. The maximum absolute atomic E-state index is 12.0. The molecule has 6 nitrogen and oxygen atoms in total. The average Bonchev–Trinajstić information content (AvgIpc) is 2.48. The molecule has 0 bridgehead atoms. The molecule has 0 fully saturated rings. The standard InChI is InChI=1S/C16H19N3O3/c1-11(21)12-5-4-6-14(7-12)19-15(22)13(8-17)9-18-16(2,3)10-20/h4-7,9,18,20H,10H2,1-3H3,(H,19,22)/b13-9-. The number of nitrogens with zero attached hydrogens (tertiary/aromatic N) is 1. The Labute approximate surface area is 129 Å². The van der Waals surface area contributed by atoms with Crippen LogP contribution in [0.4, 0.5) is 5.69 Å². The van der Waals surface area contributed by atoms with Crippen molar-refractivity contribution in [2.45, 2.75) is 26.3 Å². The molecule has 0 unspecified atom stereocenters. The van der Waals surface area contributed by atoms with E-state index in [9.17, 15) is 9.59 Å². The molecule has 0 aliphatic heterocycles. The third-order valence-corrected chi connectivity index (χ3v) is 2.89. The molecule has 3 N–H and O–H groups in total. The second kappa shape index (κ2) is 7.38. The second-order valence-corrected chi connectivity index (χ2v) is 5.45. The highest BCUT2D eigenvalue weighted by atomic mass is 16.3. The molecule has 1 rings (SSSR count). The van der Waals surface area contributed by atoms with Crippen molar-refractivity contribution in [2.75, 3.05) is 11.9 Å². The minimum atomic E-state index is -0.642. The lowest BCUT2D eigenvalue weighted by molar-refractivity contribution is -0.112. The molecule has 0 aromatic heterocycles. The maximum atomic E-state index is 12.0. The third-order valence-electron chi connectivity index (χ3n) is 2.89. The van der Waals surface area contributed by atoms with Gasteiger partial charge in [0.25, 0.3) is 5.91 Å². The van der Waals surface area contributed by atoms with Crippen LogP contribution in [0.5, 0.6) is 0 Å². The Morgan fingerprint density at radius 2 is 2.09 bits per heavy atom. The fourth-order valence-electron chi connectivity index (χ4n) is 1.48. The van der Waals surface area contributed by atoms with Gasteiger partial charge in [-0.2, -0.15) is 5.26 Å². The number of benzene rings is 1. The summed E-state index contributed by atoms with van der Waals surface area (Å²) in [6.45, 7) is 4.74. The van der Waals surface area contributed by atoms with Gasteiger partial charge in [0.2, 0.25) is 0 Å². The van der Waals surface area contributed by atoms with Crippen molar-refractivity contribution < 1.29 is 14.7 Å². The highest BCUT2D eigenvalue weighted by Crippen LogP contribution is 2.12. The molecule has 1 aromatic rings. The summed E-state index contributed by atoms with van der Waals surface area (Å²) in [6.07, 6.45) is 1.26. The van der Waals surface area contributed by atoms with Gasteiger partial charge in [-0.05, 0) is 32.9 Å². The van der Waals surface area contributed by atoms with Gasteiger partial charge in [-0.15, -0.1) is 0 Å². The number of aliphatic hydroxyl groups is 1. The monoisotopic (exact) mass is 301 g/mol. The van der Waals surface area contributed by atoms with Gasteiger partial charge in [-0.3, -0.25) is 9.59 Å². The van der Waals surface area contributed by atoms with Gasteiger partial charge in [-0.1, -0.05) is 12.1 Å². The summed E-state index contributed by atoms with van der Waals surface area (Å²) in [4.78, 5) is 23.3. The maximum Gasteiger partial charge on any atom is 0.267 e. The molecule has 0 heterocycles. The number of aliphatic hydroxyl groups excluding tert-OH is 1. The molecule has 1 aromatic carbocycles. The molecular formula is C16H19N3O3. The van der Waals surface area contributed by atoms with Crippen LogP contribution < -0.4 is 10.6 Å². The molecule has 0 aliphatic carbocycles. The lowest BCUT2D eigenvalue weighted by Gasteiger charge is -2.22. The van der Waals surface area contributed by atoms with Crippen molar-refractivity contribution in [1.82, 2.24) is 5.32 Å². The molecule has 0 aliphatic rings. The Morgan fingerprint density at radius 3 is 2.64 bits per heavy atom. The van der Waals surface area contributed by atoms with E-state index in [4.69, 9.17) is 10.4 Å². The van der Waals surface area contributed by atoms with Crippen LogP contribution in [0.3, 0.4) is 0 Å². The predicted molar refractivity (Wildman–Crippen MR) is 83.1 cm³/mol. The van der Waals surface area contributed by atoms with Crippen LogP contribution in [0.2, 0.25) is 0 Å². The number of hydrogen-bond donors (Lipinski definition) is 3. The first kappa shape index (κ1) is 17.4. The van der Waals surface area contributed by atoms with Crippen molar-refractivity contribution in [2.24, 2.45) is 0 Å². The molecule has 116 valence electrons. The number of carbonyl (C=O) groups is 2.